The van der Waals surface area contributed by atoms with Crippen LogP contribution in [0.25, 0.3) is 0 Å². The predicted octanol–water partition coefficient (Wildman–Crippen LogP) is 2.30. The first-order chi connectivity index (χ1) is 9.13. The first kappa shape index (κ1) is 13.1. The third kappa shape index (κ3) is 2.76. The average Bonchev–Trinajstić information content (AvgIpc) is 2.42. The molecule has 2 aromatic rings. The number of aromatic nitrogens is 2. The minimum atomic E-state index is 0.585. The van der Waals surface area contributed by atoms with Crippen molar-refractivity contribution in [2.24, 2.45) is 0 Å². The summed E-state index contributed by atoms with van der Waals surface area (Å²) < 4.78 is 5.17. The van der Waals surface area contributed by atoms with Crippen molar-refractivity contribution in [2.75, 3.05) is 18.2 Å². The fourth-order valence-corrected chi connectivity index (χ4v) is 1.89. The average molecular weight is 258 g/mol. The highest BCUT2D eigenvalue weighted by atomic mass is 16.5. The molecule has 100 valence electrons. The van der Waals surface area contributed by atoms with E-state index < -0.39 is 0 Å². The van der Waals surface area contributed by atoms with E-state index in [4.69, 9.17) is 10.5 Å². The molecule has 5 nitrogen and oxygen atoms in total. The van der Waals surface area contributed by atoms with Crippen LogP contribution in [0, 0.1) is 13.8 Å². The normalized spacial score (nSPS) is 10.3. The van der Waals surface area contributed by atoms with Crippen LogP contribution >= 0.6 is 0 Å². The first-order valence-electron chi connectivity index (χ1n) is 6.07. The van der Waals surface area contributed by atoms with Crippen molar-refractivity contribution in [3.63, 3.8) is 0 Å². The van der Waals surface area contributed by atoms with Gasteiger partial charge in [-0.2, -0.15) is 0 Å². The first-order valence-corrected chi connectivity index (χ1v) is 6.07. The van der Waals surface area contributed by atoms with E-state index in [2.05, 4.69) is 15.3 Å². The lowest BCUT2D eigenvalue weighted by Crippen LogP contribution is -2.07. The van der Waals surface area contributed by atoms with Gasteiger partial charge in [-0.1, -0.05) is 12.1 Å². The number of nitrogens with two attached hydrogens (primary N) is 1. The molecule has 0 bridgehead atoms. The SMILES string of the molecule is COc1ncnc(NCc2cccc(N)c2C)c1C. The molecule has 1 aromatic carbocycles. The Balaban J connectivity index is 2.17. The van der Waals surface area contributed by atoms with Gasteiger partial charge in [0.2, 0.25) is 5.88 Å². The highest BCUT2D eigenvalue weighted by molar-refractivity contribution is 5.52. The number of rotatable bonds is 4. The van der Waals surface area contributed by atoms with Crippen molar-refractivity contribution in [1.29, 1.82) is 0 Å². The Kier molecular flexibility index (Phi) is 3.85. The third-order valence-corrected chi connectivity index (χ3v) is 3.17. The van der Waals surface area contributed by atoms with Gasteiger partial charge in [0.1, 0.15) is 12.1 Å². The summed E-state index contributed by atoms with van der Waals surface area (Å²) in [5.41, 5.74) is 9.83. The summed E-state index contributed by atoms with van der Waals surface area (Å²) in [7, 11) is 1.60. The summed E-state index contributed by atoms with van der Waals surface area (Å²) in [6, 6.07) is 5.90. The molecule has 0 saturated carbocycles. The fourth-order valence-electron chi connectivity index (χ4n) is 1.89. The molecular weight excluding hydrogens is 240 g/mol. The number of anilines is 2. The van der Waals surface area contributed by atoms with E-state index in [1.54, 1.807) is 7.11 Å². The summed E-state index contributed by atoms with van der Waals surface area (Å²) in [6.45, 7) is 4.60. The number of hydrogen-bond donors (Lipinski definition) is 2. The van der Waals surface area contributed by atoms with Crippen molar-refractivity contribution >= 4 is 11.5 Å². The van der Waals surface area contributed by atoms with E-state index in [0.29, 0.717) is 12.4 Å². The molecule has 0 radical (unpaired) electrons. The fraction of sp³-hybridized carbons (Fsp3) is 0.286. The molecule has 2 rings (SSSR count). The van der Waals surface area contributed by atoms with Crippen LogP contribution in [0.4, 0.5) is 11.5 Å². The molecule has 0 aliphatic heterocycles. The quantitative estimate of drug-likeness (QED) is 0.823. The molecule has 1 heterocycles. The molecule has 0 unspecified atom stereocenters. The highest BCUT2D eigenvalue weighted by Gasteiger charge is 2.07. The van der Waals surface area contributed by atoms with E-state index in [1.807, 2.05) is 32.0 Å². The zero-order valence-corrected chi connectivity index (χ0v) is 11.4. The molecule has 0 spiro atoms. The number of ether oxygens (including phenoxy) is 1. The van der Waals surface area contributed by atoms with Crippen LogP contribution in [0.5, 0.6) is 5.88 Å². The van der Waals surface area contributed by atoms with E-state index >= 15 is 0 Å². The standard InChI is InChI=1S/C14H18N4O/c1-9-11(5-4-6-12(9)15)7-16-13-10(2)14(19-3)18-8-17-13/h4-6,8H,7,15H2,1-3H3,(H,16,17,18). The maximum atomic E-state index is 5.89. The summed E-state index contributed by atoms with van der Waals surface area (Å²) in [6.07, 6.45) is 1.49. The topological polar surface area (TPSA) is 73.1 Å². The van der Waals surface area contributed by atoms with Gasteiger partial charge in [-0.15, -0.1) is 0 Å². The Morgan fingerprint density at radius 1 is 1.21 bits per heavy atom. The van der Waals surface area contributed by atoms with E-state index in [0.717, 1.165) is 28.2 Å². The molecule has 3 N–H and O–H groups in total. The smallest absolute Gasteiger partial charge is 0.221 e. The zero-order valence-electron chi connectivity index (χ0n) is 11.4. The van der Waals surface area contributed by atoms with Crippen molar-refractivity contribution in [1.82, 2.24) is 9.97 Å². The largest absolute Gasteiger partial charge is 0.481 e. The Hall–Kier alpha value is -2.30. The zero-order chi connectivity index (χ0) is 13.8. The Morgan fingerprint density at radius 3 is 2.74 bits per heavy atom. The van der Waals surface area contributed by atoms with Crippen LogP contribution in [-0.4, -0.2) is 17.1 Å². The van der Waals surface area contributed by atoms with Crippen molar-refractivity contribution in [3.8, 4) is 5.88 Å². The lowest BCUT2D eigenvalue weighted by Gasteiger charge is -2.12. The van der Waals surface area contributed by atoms with E-state index in [1.165, 1.54) is 6.33 Å². The molecule has 0 aliphatic rings. The van der Waals surface area contributed by atoms with Gasteiger partial charge in [-0.3, -0.25) is 0 Å². The minimum Gasteiger partial charge on any atom is -0.481 e. The summed E-state index contributed by atoms with van der Waals surface area (Å²) in [5, 5.41) is 3.29. The van der Waals surface area contributed by atoms with Crippen molar-refractivity contribution in [3.05, 3.63) is 41.2 Å². The Bertz CT molecular complexity index is 584. The summed E-state index contributed by atoms with van der Waals surface area (Å²) >= 11 is 0. The predicted molar refractivity (Wildman–Crippen MR) is 76.2 cm³/mol. The maximum Gasteiger partial charge on any atom is 0.221 e. The van der Waals surface area contributed by atoms with Gasteiger partial charge in [0.25, 0.3) is 0 Å². The molecule has 0 atom stereocenters. The molecular formula is C14H18N4O. The van der Waals surface area contributed by atoms with Crippen molar-refractivity contribution < 1.29 is 4.74 Å². The minimum absolute atomic E-state index is 0.585. The summed E-state index contributed by atoms with van der Waals surface area (Å²) in [5.74, 6) is 1.36. The number of nitrogens with zero attached hydrogens (tertiary/aromatic N) is 2. The number of nitrogens with one attached hydrogen (secondary N) is 1. The van der Waals surface area contributed by atoms with Crippen LogP contribution in [0.1, 0.15) is 16.7 Å². The van der Waals surface area contributed by atoms with Gasteiger partial charge in [-0.05, 0) is 31.0 Å². The second-order valence-corrected chi connectivity index (χ2v) is 4.34. The second kappa shape index (κ2) is 5.56. The van der Waals surface area contributed by atoms with Crippen LogP contribution in [0.15, 0.2) is 24.5 Å². The summed E-state index contributed by atoms with van der Waals surface area (Å²) in [4.78, 5) is 8.27. The molecule has 0 saturated heterocycles. The van der Waals surface area contributed by atoms with Crippen LogP contribution in [-0.2, 0) is 6.54 Å². The number of hydrogen-bond acceptors (Lipinski definition) is 5. The molecule has 19 heavy (non-hydrogen) atoms. The maximum absolute atomic E-state index is 5.89. The number of nitrogen functional groups attached to an aromatic ring is 1. The highest BCUT2D eigenvalue weighted by Crippen LogP contribution is 2.21. The van der Waals surface area contributed by atoms with Crippen LogP contribution in [0.3, 0.4) is 0 Å². The second-order valence-electron chi connectivity index (χ2n) is 4.34. The van der Waals surface area contributed by atoms with Gasteiger partial charge in [0.15, 0.2) is 0 Å². The number of benzene rings is 1. The Labute approximate surface area is 112 Å². The Morgan fingerprint density at radius 2 is 2.00 bits per heavy atom. The monoisotopic (exact) mass is 258 g/mol. The van der Waals surface area contributed by atoms with Crippen LogP contribution < -0.4 is 15.8 Å². The molecule has 1 aromatic heterocycles. The molecule has 5 heteroatoms. The van der Waals surface area contributed by atoms with E-state index in [-0.39, 0.29) is 0 Å². The van der Waals surface area contributed by atoms with E-state index in [9.17, 15) is 0 Å². The lowest BCUT2D eigenvalue weighted by atomic mass is 10.1. The number of methoxy groups -OCH3 is 1. The third-order valence-electron chi connectivity index (χ3n) is 3.17. The van der Waals surface area contributed by atoms with Gasteiger partial charge in [-0.25, -0.2) is 9.97 Å². The molecule has 0 aliphatic carbocycles. The van der Waals surface area contributed by atoms with Gasteiger partial charge in [0.05, 0.1) is 12.7 Å². The van der Waals surface area contributed by atoms with Crippen LogP contribution in [0.2, 0.25) is 0 Å². The van der Waals surface area contributed by atoms with Gasteiger partial charge in [0, 0.05) is 12.2 Å². The lowest BCUT2D eigenvalue weighted by molar-refractivity contribution is 0.393. The van der Waals surface area contributed by atoms with Gasteiger partial charge < -0.3 is 15.8 Å². The van der Waals surface area contributed by atoms with Crippen molar-refractivity contribution in [2.45, 2.75) is 20.4 Å². The van der Waals surface area contributed by atoms with Gasteiger partial charge >= 0.3 is 0 Å². The molecule has 0 fully saturated rings. The molecule has 0 amide bonds.